The van der Waals surface area contributed by atoms with E-state index in [9.17, 15) is 0 Å². The fourth-order valence-corrected chi connectivity index (χ4v) is 9.00. The van der Waals surface area contributed by atoms with E-state index in [1.54, 1.807) is 0 Å². The molecule has 0 radical (unpaired) electrons. The molecule has 0 unspecified atom stereocenters. The molecular weight excluding hydrogens is 633 g/mol. The topological polar surface area (TPSA) is 56.3 Å². The number of rotatable bonds is 13. The van der Waals surface area contributed by atoms with Gasteiger partial charge in [-0.2, -0.15) is 0 Å². The molecular formula is C48H58N4. The number of aliphatic imine (C=N–C) groups is 2. The summed E-state index contributed by atoms with van der Waals surface area (Å²) in [6.07, 6.45) is 7.56. The summed E-state index contributed by atoms with van der Waals surface area (Å²) in [5, 5.41) is 0. The van der Waals surface area contributed by atoms with Crippen LogP contribution in [0.2, 0.25) is 0 Å². The fourth-order valence-electron chi connectivity index (χ4n) is 9.00. The molecule has 2 aliphatic rings. The van der Waals surface area contributed by atoms with E-state index in [1.807, 2.05) is 0 Å². The van der Waals surface area contributed by atoms with Crippen LogP contribution in [0.3, 0.4) is 0 Å². The lowest BCUT2D eigenvalue weighted by atomic mass is 9.88. The molecule has 270 valence electrons. The molecule has 0 fully saturated rings. The smallest absolute Gasteiger partial charge is 0.0932 e. The Kier molecular flexibility index (Phi) is 11.3. The maximum absolute atomic E-state index is 5.75. The number of hydrogen-bond donors (Lipinski definition) is 2. The Morgan fingerprint density at radius 1 is 0.423 bits per heavy atom. The lowest BCUT2D eigenvalue weighted by molar-refractivity contribution is 1.03. The van der Waals surface area contributed by atoms with Crippen molar-refractivity contribution in [1.82, 2.24) is 9.97 Å². The first kappa shape index (κ1) is 37.1. The third kappa shape index (κ3) is 6.25. The second kappa shape index (κ2) is 15.9. The van der Waals surface area contributed by atoms with Gasteiger partial charge in [-0.15, -0.1) is 0 Å². The minimum absolute atomic E-state index is 0.899. The fraction of sp³-hybridized carbons (Fsp3) is 0.375. The van der Waals surface area contributed by atoms with Crippen LogP contribution in [0.4, 0.5) is 0 Å². The van der Waals surface area contributed by atoms with E-state index in [4.69, 9.17) is 9.98 Å². The average Bonchev–Trinajstić information content (AvgIpc) is 3.91. The summed E-state index contributed by atoms with van der Waals surface area (Å²) in [5.74, 6) is 0. The number of nitrogens with one attached hydrogen (secondary N) is 2. The number of benzene rings is 2. The summed E-state index contributed by atoms with van der Waals surface area (Å²) in [4.78, 5) is 19.2. The van der Waals surface area contributed by atoms with Crippen molar-refractivity contribution in [1.29, 1.82) is 0 Å². The molecule has 52 heavy (non-hydrogen) atoms. The lowest BCUT2D eigenvalue weighted by Crippen LogP contribution is -2.16. The van der Waals surface area contributed by atoms with E-state index in [1.165, 1.54) is 89.6 Å². The van der Waals surface area contributed by atoms with Crippen LogP contribution in [-0.2, 0) is 25.7 Å². The molecule has 2 N–H and O–H groups in total. The van der Waals surface area contributed by atoms with Crippen LogP contribution in [0.5, 0.6) is 0 Å². The number of aromatic nitrogens is 2. The first-order chi connectivity index (χ1) is 25.3. The van der Waals surface area contributed by atoms with E-state index in [2.05, 4.69) is 140 Å². The maximum Gasteiger partial charge on any atom is 0.0932 e. The van der Waals surface area contributed by atoms with E-state index >= 15 is 0 Å². The van der Waals surface area contributed by atoms with Crippen LogP contribution in [0.1, 0.15) is 137 Å². The Morgan fingerprint density at radius 2 is 0.750 bits per heavy atom. The van der Waals surface area contributed by atoms with Crippen molar-refractivity contribution in [3.63, 3.8) is 0 Å². The SMILES string of the molecule is CCC1=C(CC)C(=C(c2ccccc2)c2[nH]c(C)c(CC)c2CC)N=C1C1=NC(=C(c2ccccc2)c2[nH]c(C)c(CC)c2CC)C(CC)=C1CC. The predicted molar refractivity (Wildman–Crippen MR) is 224 cm³/mol. The minimum Gasteiger partial charge on any atom is -0.358 e. The van der Waals surface area contributed by atoms with Gasteiger partial charge in [0.2, 0.25) is 0 Å². The third-order valence-corrected chi connectivity index (χ3v) is 11.3. The van der Waals surface area contributed by atoms with Crippen LogP contribution in [0.25, 0.3) is 11.1 Å². The molecule has 4 heteroatoms. The quantitative estimate of drug-likeness (QED) is 0.140. The van der Waals surface area contributed by atoms with Gasteiger partial charge in [-0.3, -0.25) is 0 Å². The van der Waals surface area contributed by atoms with E-state index in [0.717, 1.165) is 74.2 Å². The van der Waals surface area contributed by atoms with Gasteiger partial charge < -0.3 is 9.97 Å². The summed E-state index contributed by atoms with van der Waals surface area (Å²) >= 11 is 0. The highest BCUT2D eigenvalue weighted by Gasteiger charge is 2.35. The van der Waals surface area contributed by atoms with Gasteiger partial charge in [0, 0.05) is 22.5 Å². The zero-order valence-corrected chi connectivity index (χ0v) is 33.3. The highest BCUT2D eigenvalue weighted by molar-refractivity contribution is 6.55. The van der Waals surface area contributed by atoms with Crippen molar-refractivity contribution in [3.8, 4) is 0 Å². The molecule has 0 atom stereocenters. The Balaban J connectivity index is 1.71. The normalized spacial score (nSPS) is 16.7. The predicted octanol–water partition coefficient (Wildman–Crippen LogP) is 12.6. The summed E-state index contributed by atoms with van der Waals surface area (Å²) in [5.41, 5.74) is 25.0. The lowest BCUT2D eigenvalue weighted by Gasteiger charge is -2.14. The molecule has 0 saturated carbocycles. The molecule has 2 aromatic heterocycles. The van der Waals surface area contributed by atoms with Gasteiger partial charge in [-0.05, 0) is 121 Å². The summed E-state index contributed by atoms with van der Waals surface area (Å²) in [7, 11) is 0. The van der Waals surface area contributed by atoms with Gasteiger partial charge in [0.15, 0.2) is 0 Å². The summed E-state index contributed by atoms with van der Waals surface area (Å²) < 4.78 is 0. The van der Waals surface area contributed by atoms with Crippen molar-refractivity contribution < 1.29 is 0 Å². The number of hydrogen-bond acceptors (Lipinski definition) is 2. The molecule has 0 saturated heterocycles. The molecule has 2 aromatic carbocycles. The molecule has 0 bridgehead atoms. The van der Waals surface area contributed by atoms with Crippen molar-refractivity contribution in [2.75, 3.05) is 0 Å². The highest BCUT2D eigenvalue weighted by atomic mass is 14.9. The van der Waals surface area contributed by atoms with Crippen molar-refractivity contribution in [3.05, 3.63) is 151 Å². The third-order valence-electron chi connectivity index (χ3n) is 11.3. The second-order valence-corrected chi connectivity index (χ2v) is 14.0. The van der Waals surface area contributed by atoms with Crippen LogP contribution in [-0.4, -0.2) is 21.4 Å². The average molecular weight is 691 g/mol. The number of allylic oxidation sites excluding steroid dienone is 4. The second-order valence-electron chi connectivity index (χ2n) is 14.0. The molecule has 4 aromatic rings. The summed E-state index contributed by atoms with van der Waals surface area (Å²) in [6.45, 7) is 22.7. The van der Waals surface area contributed by atoms with Crippen LogP contribution >= 0.6 is 0 Å². The van der Waals surface area contributed by atoms with Crippen LogP contribution < -0.4 is 0 Å². The zero-order chi connectivity index (χ0) is 37.1. The highest BCUT2D eigenvalue weighted by Crippen LogP contribution is 2.45. The Morgan fingerprint density at radius 3 is 1.04 bits per heavy atom. The van der Waals surface area contributed by atoms with E-state index in [0.29, 0.717) is 0 Å². The largest absolute Gasteiger partial charge is 0.358 e. The Labute approximate surface area is 312 Å². The number of nitrogens with zero attached hydrogens (tertiary/aromatic N) is 2. The maximum atomic E-state index is 5.75. The van der Waals surface area contributed by atoms with Crippen molar-refractivity contribution in [2.45, 2.75) is 121 Å². The van der Waals surface area contributed by atoms with E-state index in [-0.39, 0.29) is 0 Å². The molecule has 0 spiro atoms. The molecule has 0 amide bonds. The van der Waals surface area contributed by atoms with Crippen LogP contribution in [0, 0.1) is 13.8 Å². The zero-order valence-electron chi connectivity index (χ0n) is 33.3. The van der Waals surface area contributed by atoms with Gasteiger partial charge in [-0.25, -0.2) is 9.98 Å². The van der Waals surface area contributed by atoms with Gasteiger partial charge in [0.25, 0.3) is 0 Å². The molecule has 4 heterocycles. The van der Waals surface area contributed by atoms with Gasteiger partial charge in [-0.1, -0.05) is 116 Å². The molecule has 4 nitrogen and oxygen atoms in total. The van der Waals surface area contributed by atoms with Crippen LogP contribution in [0.15, 0.2) is 104 Å². The molecule has 2 aliphatic heterocycles. The molecule has 0 aliphatic carbocycles. The Bertz CT molecular complexity index is 2000. The number of H-pyrrole nitrogens is 2. The number of aromatic amines is 2. The van der Waals surface area contributed by atoms with Crippen molar-refractivity contribution >= 4 is 22.6 Å². The summed E-state index contributed by atoms with van der Waals surface area (Å²) in [6, 6.07) is 21.8. The monoisotopic (exact) mass is 690 g/mol. The first-order valence-electron chi connectivity index (χ1n) is 20.0. The first-order valence-corrected chi connectivity index (χ1v) is 20.0. The van der Waals surface area contributed by atoms with E-state index < -0.39 is 0 Å². The number of aryl methyl sites for hydroxylation is 2. The standard InChI is InChI=1S/C48H58N4/c1-11-33-29(9)49-43(35(33)13-3)41(31-25-21-19-22-26-31)45-37(15-5)39(17-7)47(51-45)48-40(18-8)38(16-6)46(52-48)42(32-27-23-20-24-28-32)44-36(14-4)34(12-2)30(10)50-44/h19-28,49-50H,11-18H2,1-10H3. The minimum atomic E-state index is 0.899. The van der Waals surface area contributed by atoms with Crippen molar-refractivity contribution in [2.24, 2.45) is 9.98 Å². The van der Waals surface area contributed by atoms with Gasteiger partial charge in [0.1, 0.15) is 0 Å². The molecule has 6 rings (SSSR count). The van der Waals surface area contributed by atoms with Gasteiger partial charge >= 0.3 is 0 Å². The Hall–Kier alpha value is -4.70. The van der Waals surface area contributed by atoms with Gasteiger partial charge in [0.05, 0.1) is 34.2 Å².